The number of hydrogen-bond donors (Lipinski definition) is 2. The van der Waals surface area contributed by atoms with E-state index in [1.165, 1.54) is 6.07 Å². The van der Waals surface area contributed by atoms with Crippen molar-refractivity contribution >= 4 is 0 Å². The highest BCUT2D eigenvalue weighted by molar-refractivity contribution is 5.50. The highest BCUT2D eigenvalue weighted by Crippen LogP contribution is 2.41. The molecular weight excluding hydrogens is 228 g/mol. The van der Waals surface area contributed by atoms with Gasteiger partial charge in [-0.05, 0) is 18.4 Å². The normalized spacial score (nSPS) is 17.9. The Morgan fingerprint density at radius 1 is 1.06 bits per heavy atom. The number of phenols is 2. The Kier molecular flexibility index (Phi) is 2.59. The molecule has 18 heavy (non-hydrogen) atoms. The molecule has 0 radical (unpaired) electrons. The van der Waals surface area contributed by atoms with Crippen LogP contribution < -0.4 is 4.74 Å². The van der Waals surface area contributed by atoms with Crippen LogP contribution in [0.3, 0.4) is 0 Å². The zero-order valence-electron chi connectivity index (χ0n) is 9.84. The van der Waals surface area contributed by atoms with E-state index in [-0.39, 0.29) is 17.6 Å². The molecule has 0 fully saturated rings. The van der Waals surface area contributed by atoms with Gasteiger partial charge in [0.05, 0.1) is 0 Å². The minimum absolute atomic E-state index is 0.0140. The number of rotatable bonds is 1. The van der Waals surface area contributed by atoms with Crippen LogP contribution >= 0.6 is 0 Å². The molecule has 1 atom stereocenters. The van der Waals surface area contributed by atoms with Gasteiger partial charge in [0.25, 0.3) is 0 Å². The summed E-state index contributed by atoms with van der Waals surface area (Å²) in [5, 5.41) is 19.2. The number of fused-ring (bicyclic) bond motifs is 1. The van der Waals surface area contributed by atoms with Gasteiger partial charge in [0.2, 0.25) is 0 Å². The fourth-order valence-electron chi connectivity index (χ4n) is 2.36. The molecular formula is C15H14O3. The Labute approximate surface area is 105 Å². The minimum Gasteiger partial charge on any atom is -0.508 e. The lowest BCUT2D eigenvalue weighted by atomic mass is 9.97. The van der Waals surface area contributed by atoms with E-state index in [9.17, 15) is 10.2 Å². The second kappa shape index (κ2) is 4.26. The highest BCUT2D eigenvalue weighted by atomic mass is 16.5. The summed E-state index contributed by atoms with van der Waals surface area (Å²) in [6, 6.07) is 12.9. The number of aromatic hydroxyl groups is 2. The van der Waals surface area contributed by atoms with Gasteiger partial charge in [0, 0.05) is 17.7 Å². The second-order valence-corrected chi connectivity index (χ2v) is 4.50. The van der Waals surface area contributed by atoms with Crippen LogP contribution in [0, 0.1) is 0 Å². The predicted octanol–water partition coefficient (Wildman–Crippen LogP) is 3.16. The quantitative estimate of drug-likeness (QED) is 0.807. The average Bonchev–Trinajstić information content (AvgIpc) is 2.39. The van der Waals surface area contributed by atoms with Crippen molar-refractivity contribution in [3.8, 4) is 17.2 Å². The molecule has 1 unspecified atom stereocenters. The smallest absolute Gasteiger partial charge is 0.130 e. The van der Waals surface area contributed by atoms with Crippen LogP contribution in [0.2, 0.25) is 0 Å². The fraction of sp³-hybridized carbons (Fsp3) is 0.200. The van der Waals surface area contributed by atoms with Crippen LogP contribution in [0.4, 0.5) is 0 Å². The van der Waals surface area contributed by atoms with E-state index in [2.05, 4.69) is 0 Å². The van der Waals surface area contributed by atoms with Gasteiger partial charge < -0.3 is 14.9 Å². The van der Waals surface area contributed by atoms with Gasteiger partial charge in [-0.2, -0.15) is 0 Å². The monoisotopic (exact) mass is 242 g/mol. The largest absolute Gasteiger partial charge is 0.508 e. The molecule has 2 aromatic carbocycles. The molecule has 3 nitrogen and oxygen atoms in total. The predicted molar refractivity (Wildman–Crippen MR) is 67.9 cm³/mol. The molecule has 92 valence electrons. The van der Waals surface area contributed by atoms with Gasteiger partial charge in [-0.3, -0.25) is 0 Å². The molecule has 0 aromatic heterocycles. The van der Waals surface area contributed by atoms with Crippen molar-refractivity contribution in [3.05, 3.63) is 53.6 Å². The van der Waals surface area contributed by atoms with Gasteiger partial charge in [-0.25, -0.2) is 0 Å². The second-order valence-electron chi connectivity index (χ2n) is 4.50. The van der Waals surface area contributed by atoms with Crippen molar-refractivity contribution in [1.29, 1.82) is 0 Å². The molecule has 0 amide bonds. The van der Waals surface area contributed by atoms with Crippen LogP contribution in [0.1, 0.15) is 23.7 Å². The maximum Gasteiger partial charge on any atom is 0.130 e. The molecule has 0 aliphatic carbocycles. The van der Waals surface area contributed by atoms with Gasteiger partial charge in [-0.15, -0.1) is 0 Å². The number of ether oxygens (including phenoxy) is 1. The minimum atomic E-state index is -0.0140. The Morgan fingerprint density at radius 3 is 2.61 bits per heavy atom. The van der Waals surface area contributed by atoms with Crippen LogP contribution in [0.15, 0.2) is 42.5 Å². The molecule has 1 heterocycles. The molecule has 3 rings (SSSR count). The van der Waals surface area contributed by atoms with Crippen LogP contribution in [-0.2, 0) is 6.42 Å². The van der Waals surface area contributed by atoms with Crippen molar-refractivity contribution in [3.63, 3.8) is 0 Å². The average molecular weight is 242 g/mol. The lowest BCUT2D eigenvalue weighted by Gasteiger charge is -2.27. The van der Waals surface area contributed by atoms with Gasteiger partial charge >= 0.3 is 0 Å². The topological polar surface area (TPSA) is 49.7 Å². The van der Waals surface area contributed by atoms with E-state index in [1.54, 1.807) is 6.07 Å². The maximum atomic E-state index is 9.75. The van der Waals surface area contributed by atoms with E-state index >= 15 is 0 Å². The number of benzene rings is 2. The molecule has 2 N–H and O–H groups in total. The highest BCUT2D eigenvalue weighted by Gasteiger charge is 2.23. The van der Waals surface area contributed by atoms with E-state index in [0.717, 1.165) is 24.0 Å². The third kappa shape index (κ3) is 1.88. The van der Waals surface area contributed by atoms with Gasteiger partial charge in [-0.1, -0.05) is 30.3 Å². The van der Waals surface area contributed by atoms with Crippen molar-refractivity contribution in [2.45, 2.75) is 18.9 Å². The number of phenolic OH excluding ortho intramolecular Hbond substituents is 2. The van der Waals surface area contributed by atoms with Crippen molar-refractivity contribution < 1.29 is 14.9 Å². The van der Waals surface area contributed by atoms with E-state index in [0.29, 0.717) is 5.75 Å². The van der Waals surface area contributed by atoms with E-state index in [1.807, 2.05) is 30.3 Å². The molecule has 0 spiro atoms. The van der Waals surface area contributed by atoms with Crippen molar-refractivity contribution in [2.24, 2.45) is 0 Å². The fourth-order valence-corrected chi connectivity index (χ4v) is 2.36. The molecule has 1 aliphatic rings. The SMILES string of the molecule is Oc1cc(O)c2c(c1)OC(c1ccccc1)CC2. The van der Waals surface area contributed by atoms with E-state index in [4.69, 9.17) is 4.74 Å². The van der Waals surface area contributed by atoms with Crippen LogP contribution in [-0.4, -0.2) is 10.2 Å². The Hall–Kier alpha value is -2.16. The van der Waals surface area contributed by atoms with Crippen LogP contribution in [0.5, 0.6) is 17.2 Å². The molecule has 0 bridgehead atoms. The summed E-state index contributed by atoms with van der Waals surface area (Å²) in [5.74, 6) is 0.712. The first kappa shape index (κ1) is 11.0. The first-order chi connectivity index (χ1) is 8.74. The summed E-state index contributed by atoms with van der Waals surface area (Å²) >= 11 is 0. The van der Waals surface area contributed by atoms with Gasteiger partial charge in [0.1, 0.15) is 23.4 Å². The number of hydrogen-bond acceptors (Lipinski definition) is 3. The Bertz CT molecular complexity index is 563. The summed E-state index contributed by atoms with van der Waals surface area (Å²) < 4.78 is 5.86. The standard InChI is InChI=1S/C15H14O3/c16-11-8-13(17)12-6-7-14(18-15(12)9-11)10-4-2-1-3-5-10/h1-5,8-9,14,16-17H,6-7H2. The zero-order chi connectivity index (χ0) is 12.5. The summed E-state index contributed by atoms with van der Waals surface area (Å²) in [6.07, 6.45) is 1.57. The van der Waals surface area contributed by atoms with Crippen molar-refractivity contribution in [2.75, 3.05) is 0 Å². The third-order valence-electron chi connectivity index (χ3n) is 3.27. The van der Waals surface area contributed by atoms with E-state index < -0.39 is 0 Å². The third-order valence-corrected chi connectivity index (χ3v) is 3.27. The zero-order valence-corrected chi connectivity index (χ0v) is 9.84. The molecule has 0 saturated carbocycles. The summed E-state index contributed by atoms with van der Waals surface area (Å²) in [4.78, 5) is 0. The molecule has 3 heteroatoms. The molecule has 1 aliphatic heterocycles. The lowest BCUT2D eigenvalue weighted by molar-refractivity contribution is 0.174. The summed E-state index contributed by atoms with van der Waals surface area (Å²) in [7, 11) is 0. The Morgan fingerprint density at radius 2 is 1.83 bits per heavy atom. The van der Waals surface area contributed by atoms with Gasteiger partial charge in [0.15, 0.2) is 0 Å². The first-order valence-corrected chi connectivity index (χ1v) is 6.00. The van der Waals surface area contributed by atoms with Crippen LogP contribution in [0.25, 0.3) is 0 Å². The summed E-state index contributed by atoms with van der Waals surface area (Å²) in [6.45, 7) is 0. The maximum absolute atomic E-state index is 9.75. The Balaban J connectivity index is 1.94. The summed E-state index contributed by atoms with van der Waals surface area (Å²) in [5.41, 5.74) is 1.89. The van der Waals surface area contributed by atoms with Crippen molar-refractivity contribution in [1.82, 2.24) is 0 Å². The lowest BCUT2D eigenvalue weighted by Crippen LogP contribution is -2.15. The molecule has 0 saturated heterocycles. The molecule has 2 aromatic rings. The first-order valence-electron chi connectivity index (χ1n) is 6.00.